The van der Waals surface area contributed by atoms with Gasteiger partial charge in [0.1, 0.15) is 11.9 Å². The van der Waals surface area contributed by atoms with Crippen LogP contribution in [0.1, 0.15) is 16.9 Å². The Morgan fingerprint density at radius 3 is 2.96 bits per heavy atom. The summed E-state index contributed by atoms with van der Waals surface area (Å²) in [4.78, 5) is 6.67. The highest BCUT2D eigenvalue weighted by Crippen LogP contribution is 2.34. The zero-order chi connectivity index (χ0) is 16.0. The second-order valence-electron chi connectivity index (χ2n) is 5.70. The number of hydrogen-bond donors (Lipinski definition) is 1. The second kappa shape index (κ2) is 5.37. The first-order chi connectivity index (χ1) is 11.1. The maximum atomic E-state index is 8.95. The van der Waals surface area contributed by atoms with Crippen molar-refractivity contribution in [2.45, 2.75) is 13.1 Å². The minimum atomic E-state index is 0.278. The van der Waals surface area contributed by atoms with Crippen molar-refractivity contribution in [3.63, 3.8) is 0 Å². The van der Waals surface area contributed by atoms with Crippen LogP contribution < -0.4 is 5.32 Å². The van der Waals surface area contributed by atoms with Crippen LogP contribution in [0.25, 0.3) is 11.0 Å². The van der Waals surface area contributed by atoms with Gasteiger partial charge in [0.15, 0.2) is 5.58 Å². The smallest absolute Gasteiger partial charge is 0.204 e. The van der Waals surface area contributed by atoms with Gasteiger partial charge in [-0.3, -0.25) is 4.90 Å². The highest BCUT2D eigenvalue weighted by atomic mass is 79.9. The molecule has 2 aromatic heterocycles. The normalized spacial score (nSPS) is 14.0. The fraction of sp³-hybridized carbons (Fsp3) is 0.176. The first-order valence-corrected chi connectivity index (χ1v) is 7.99. The number of benzene rings is 1. The van der Waals surface area contributed by atoms with Crippen molar-refractivity contribution < 1.29 is 4.42 Å². The van der Waals surface area contributed by atoms with Crippen molar-refractivity contribution in [2.75, 3.05) is 12.4 Å². The highest BCUT2D eigenvalue weighted by molar-refractivity contribution is 9.10. The molecule has 1 aromatic carbocycles. The molecular weight excluding hydrogens is 356 g/mol. The van der Waals surface area contributed by atoms with E-state index in [9.17, 15) is 0 Å². The van der Waals surface area contributed by atoms with E-state index in [1.54, 1.807) is 12.3 Å². The predicted molar refractivity (Wildman–Crippen MR) is 91.3 cm³/mol. The Bertz CT molecular complexity index is 957. The van der Waals surface area contributed by atoms with E-state index in [-0.39, 0.29) is 5.76 Å². The predicted octanol–water partition coefficient (Wildman–Crippen LogP) is 4.15. The van der Waals surface area contributed by atoms with E-state index in [0.717, 1.165) is 28.6 Å². The summed E-state index contributed by atoms with van der Waals surface area (Å²) in [5.41, 5.74) is 4.30. The Morgan fingerprint density at radius 2 is 2.13 bits per heavy atom. The summed E-state index contributed by atoms with van der Waals surface area (Å²) in [5.74, 6) is 0.981. The van der Waals surface area contributed by atoms with Gasteiger partial charge in [0.05, 0.1) is 10.7 Å². The van der Waals surface area contributed by atoms with Gasteiger partial charge in [0, 0.05) is 30.2 Å². The average Bonchev–Trinajstić information content (AvgIpc) is 3.12. The van der Waals surface area contributed by atoms with Gasteiger partial charge in [0.25, 0.3) is 0 Å². The van der Waals surface area contributed by atoms with Crippen LogP contribution in [0.4, 0.5) is 11.5 Å². The summed E-state index contributed by atoms with van der Waals surface area (Å²) in [5, 5.41) is 13.1. The van der Waals surface area contributed by atoms with Crippen LogP contribution in [0.3, 0.4) is 0 Å². The van der Waals surface area contributed by atoms with Crippen molar-refractivity contribution >= 4 is 38.4 Å². The maximum Gasteiger partial charge on any atom is 0.204 e. The van der Waals surface area contributed by atoms with Gasteiger partial charge in [-0.05, 0) is 46.2 Å². The molecule has 0 saturated carbocycles. The largest absolute Gasteiger partial charge is 0.444 e. The van der Waals surface area contributed by atoms with Crippen molar-refractivity contribution in [3.05, 3.63) is 51.8 Å². The summed E-state index contributed by atoms with van der Waals surface area (Å²) in [7, 11) is 2.12. The molecule has 4 rings (SSSR count). The van der Waals surface area contributed by atoms with Gasteiger partial charge in [-0.15, -0.1) is 0 Å². The van der Waals surface area contributed by atoms with Gasteiger partial charge >= 0.3 is 0 Å². The minimum Gasteiger partial charge on any atom is -0.444 e. The number of nitriles is 1. The monoisotopic (exact) mass is 368 g/mol. The molecule has 0 aliphatic carbocycles. The molecule has 0 radical (unpaired) electrons. The number of nitrogens with zero attached hydrogens (tertiary/aromatic N) is 3. The number of pyridine rings is 1. The van der Waals surface area contributed by atoms with Crippen molar-refractivity contribution in [2.24, 2.45) is 0 Å². The molecule has 3 heterocycles. The van der Waals surface area contributed by atoms with Gasteiger partial charge in [-0.25, -0.2) is 4.98 Å². The van der Waals surface area contributed by atoms with E-state index in [4.69, 9.17) is 9.68 Å². The fourth-order valence-corrected chi connectivity index (χ4v) is 3.41. The molecule has 6 heteroatoms. The van der Waals surface area contributed by atoms with Crippen LogP contribution in [-0.2, 0) is 13.1 Å². The zero-order valence-corrected chi connectivity index (χ0v) is 14.0. The molecule has 1 aliphatic rings. The lowest BCUT2D eigenvalue weighted by molar-refractivity contribution is 0.353. The molecule has 0 unspecified atom stereocenters. The summed E-state index contributed by atoms with van der Waals surface area (Å²) in [6.07, 6.45) is 1.63. The van der Waals surface area contributed by atoms with Crippen molar-refractivity contribution in [1.29, 1.82) is 5.26 Å². The molecule has 3 aromatic rings. The van der Waals surface area contributed by atoms with Crippen LogP contribution in [0.5, 0.6) is 0 Å². The first kappa shape index (κ1) is 14.2. The van der Waals surface area contributed by atoms with E-state index in [1.807, 2.05) is 6.07 Å². The Labute approximate surface area is 141 Å². The van der Waals surface area contributed by atoms with E-state index in [1.165, 1.54) is 11.1 Å². The van der Waals surface area contributed by atoms with E-state index < -0.39 is 0 Å². The molecule has 23 heavy (non-hydrogen) atoms. The Hall–Kier alpha value is -2.36. The number of aromatic nitrogens is 1. The molecule has 1 aliphatic heterocycles. The van der Waals surface area contributed by atoms with E-state index in [0.29, 0.717) is 11.4 Å². The Morgan fingerprint density at radius 1 is 1.30 bits per heavy atom. The number of halogens is 1. The minimum absolute atomic E-state index is 0.278. The molecule has 5 nitrogen and oxygen atoms in total. The zero-order valence-electron chi connectivity index (χ0n) is 12.4. The number of anilines is 2. The molecule has 0 saturated heterocycles. The second-order valence-corrected chi connectivity index (χ2v) is 6.49. The molecule has 0 spiro atoms. The molecule has 0 fully saturated rings. The number of rotatable bonds is 2. The molecule has 0 atom stereocenters. The standard InChI is InChI=1S/C17H13BrN4O/c1-22-8-10-2-3-12(4-11(10)9-22)21-17-16(18)14-5-13(6-19)23-15(14)7-20-17/h2-5,7H,8-9H2,1H3,(H,20,21). The lowest BCUT2D eigenvalue weighted by atomic mass is 10.1. The van der Waals surface area contributed by atoms with Crippen LogP contribution in [0.15, 0.2) is 39.4 Å². The number of fused-ring (bicyclic) bond motifs is 2. The average molecular weight is 369 g/mol. The SMILES string of the molecule is CN1Cc2ccc(Nc3ncc4oc(C#N)cc4c3Br)cc2C1. The third kappa shape index (κ3) is 2.48. The van der Waals surface area contributed by atoms with Crippen LogP contribution >= 0.6 is 15.9 Å². The van der Waals surface area contributed by atoms with Gasteiger partial charge in [-0.2, -0.15) is 5.26 Å². The van der Waals surface area contributed by atoms with Crippen LogP contribution in [-0.4, -0.2) is 16.9 Å². The molecule has 114 valence electrons. The van der Waals surface area contributed by atoms with E-state index in [2.05, 4.69) is 56.4 Å². The summed E-state index contributed by atoms with van der Waals surface area (Å²) < 4.78 is 6.18. The van der Waals surface area contributed by atoms with Gasteiger partial charge < -0.3 is 9.73 Å². The first-order valence-electron chi connectivity index (χ1n) is 7.19. The molecular formula is C17H13BrN4O. The topological polar surface area (TPSA) is 65.1 Å². The molecule has 0 bridgehead atoms. The molecule has 1 N–H and O–H groups in total. The lowest BCUT2D eigenvalue weighted by Crippen LogP contribution is -2.07. The molecule has 0 amide bonds. The van der Waals surface area contributed by atoms with Crippen LogP contribution in [0, 0.1) is 11.3 Å². The van der Waals surface area contributed by atoms with E-state index >= 15 is 0 Å². The Kier molecular flexibility index (Phi) is 3.33. The summed E-state index contributed by atoms with van der Waals surface area (Å²) >= 11 is 3.55. The quantitative estimate of drug-likeness (QED) is 0.735. The number of hydrogen-bond acceptors (Lipinski definition) is 5. The third-order valence-corrected chi connectivity index (χ3v) is 4.78. The van der Waals surface area contributed by atoms with Crippen LogP contribution in [0.2, 0.25) is 0 Å². The Balaban J connectivity index is 1.69. The highest BCUT2D eigenvalue weighted by Gasteiger charge is 2.16. The van der Waals surface area contributed by atoms with Crippen molar-refractivity contribution in [3.8, 4) is 6.07 Å². The van der Waals surface area contributed by atoms with Crippen molar-refractivity contribution in [1.82, 2.24) is 9.88 Å². The number of nitrogens with one attached hydrogen (secondary N) is 1. The van der Waals surface area contributed by atoms with Gasteiger partial charge in [0.2, 0.25) is 5.76 Å². The number of furan rings is 1. The van der Waals surface area contributed by atoms with Gasteiger partial charge in [-0.1, -0.05) is 6.07 Å². The maximum absolute atomic E-state index is 8.95. The lowest BCUT2D eigenvalue weighted by Gasteiger charge is -2.09. The third-order valence-electron chi connectivity index (χ3n) is 3.98. The fourth-order valence-electron chi connectivity index (χ4n) is 2.90. The summed E-state index contributed by atoms with van der Waals surface area (Å²) in [6, 6.07) is 10.1. The summed E-state index contributed by atoms with van der Waals surface area (Å²) in [6.45, 7) is 1.96.